The predicted octanol–water partition coefficient (Wildman–Crippen LogP) is 1.40. The molecule has 2 aliphatic heterocycles. The van der Waals surface area contributed by atoms with Crippen molar-refractivity contribution in [2.24, 2.45) is 21.7 Å². The number of ketones is 1. The molecule has 0 aromatic heterocycles. The third-order valence-corrected chi connectivity index (χ3v) is 7.63. The second-order valence-corrected chi connectivity index (χ2v) is 7.79. The molecule has 6 heteroatoms. The van der Waals surface area contributed by atoms with Gasteiger partial charge in [-0.3, -0.25) is 14.4 Å². The molecule has 6 rings (SSSR count). The summed E-state index contributed by atoms with van der Waals surface area (Å²) in [6.45, 7) is 4.12. The van der Waals surface area contributed by atoms with Crippen LogP contribution in [0.25, 0.3) is 0 Å². The summed E-state index contributed by atoms with van der Waals surface area (Å²) in [4.78, 5) is 37.8. The van der Waals surface area contributed by atoms with Crippen LogP contribution in [0.3, 0.4) is 0 Å². The lowest BCUT2D eigenvalue weighted by molar-refractivity contribution is -0.184. The average molecular weight is 334 g/mol. The van der Waals surface area contributed by atoms with Crippen LogP contribution in [-0.4, -0.2) is 43.1 Å². The number of ether oxygens (including phenoxy) is 3. The minimum atomic E-state index is -0.898. The van der Waals surface area contributed by atoms with E-state index in [1.54, 1.807) is 13.8 Å². The fourth-order valence-electron chi connectivity index (χ4n) is 7.31. The van der Waals surface area contributed by atoms with E-state index in [2.05, 4.69) is 0 Å². The predicted molar refractivity (Wildman–Crippen MR) is 79.8 cm³/mol. The molecule has 4 saturated carbocycles. The standard InChI is InChI=1S/C18H22O6/c1-3-22-13(20)17-11-15(17)8-5-6-10(19)7-9-16(15)12(24-11)18(16,17)14(21)23-4-2/h11-12H,3-9H2,1-2H3. The molecular formula is C18H22O6. The third-order valence-electron chi connectivity index (χ3n) is 7.63. The van der Waals surface area contributed by atoms with Crippen molar-refractivity contribution in [3.8, 4) is 0 Å². The Bertz CT molecular complexity index is 687. The Balaban J connectivity index is 1.62. The van der Waals surface area contributed by atoms with E-state index >= 15 is 0 Å². The monoisotopic (exact) mass is 334 g/mol. The van der Waals surface area contributed by atoms with Crippen molar-refractivity contribution < 1.29 is 28.6 Å². The highest BCUT2D eigenvalue weighted by Crippen LogP contribution is 3.12. The van der Waals surface area contributed by atoms with Crippen LogP contribution in [0, 0.1) is 21.7 Å². The van der Waals surface area contributed by atoms with Crippen molar-refractivity contribution in [1.82, 2.24) is 0 Å². The van der Waals surface area contributed by atoms with E-state index in [0.29, 0.717) is 25.9 Å². The molecule has 6 fully saturated rings. The third kappa shape index (κ3) is 0.982. The summed E-state index contributed by atoms with van der Waals surface area (Å²) in [6.07, 6.45) is 2.67. The van der Waals surface area contributed by atoms with Crippen molar-refractivity contribution in [2.45, 2.75) is 58.2 Å². The highest BCUT2D eigenvalue weighted by Gasteiger charge is 3.23. The van der Waals surface area contributed by atoms with Gasteiger partial charge in [-0.05, 0) is 33.1 Å². The molecule has 130 valence electrons. The van der Waals surface area contributed by atoms with Crippen molar-refractivity contribution in [3.63, 3.8) is 0 Å². The molecule has 6 atom stereocenters. The SMILES string of the molecule is CCOC(=O)C12C3OC4C5(CCC(=O)CCCC351)C42C(=O)OCC. The summed E-state index contributed by atoms with van der Waals surface area (Å²) < 4.78 is 16.9. The second-order valence-electron chi connectivity index (χ2n) is 7.79. The van der Waals surface area contributed by atoms with E-state index in [1.165, 1.54) is 0 Å². The van der Waals surface area contributed by atoms with Gasteiger partial charge in [0.25, 0.3) is 0 Å². The Hall–Kier alpha value is -1.43. The maximum Gasteiger partial charge on any atom is 0.316 e. The summed E-state index contributed by atoms with van der Waals surface area (Å²) in [5.41, 5.74) is -2.43. The fraction of sp³-hybridized carbons (Fsp3) is 0.833. The molecule has 6 unspecified atom stereocenters. The lowest BCUT2D eigenvalue weighted by atomic mass is 9.53. The molecule has 2 bridgehead atoms. The quantitative estimate of drug-likeness (QED) is 0.723. The van der Waals surface area contributed by atoms with Gasteiger partial charge in [-0.2, -0.15) is 0 Å². The molecule has 4 aliphatic carbocycles. The van der Waals surface area contributed by atoms with E-state index < -0.39 is 10.8 Å². The van der Waals surface area contributed by atoms with E-state index in [0.717, 1.165) is 12.8 Å². The molecule has 0 aromatic carbocycles. The zero-order valence-corrected chi connectivity index (χ0v) is 14.1. The molecule has 6 nitrogen and oxygen atoms in total. The highest BCUT2D eigenvalue weighted by molar-refractivity contribution is 6.06. The molecular weight excluding hydrogens is 312 g/mol. The maximum atomic E-state index is 12.9. The van der Waals surface area contributed by atoms with Crippen LogP contribution in [0.15, 0.2) is 0 Å². The van der Waals surface area contributed by atoms with Gasteiger partial charge < -0.3 is 14.2 Å². The lowest BCUT2D eigenvalue weighted by Crippen LogP contribution is -2.55. The largest absolute Gasteiger partial charge is 0.465 e. The summed E-state index contributed by atoms with van der Waals surface area (Å²) >= 11 is 0. The van der Waals surface area contributed by atoms with Gasteiger partial charge >= 0.3 is 11.9 Å². The Labute approximate surface area is 140 Å². The van der Waals surface area contributed by atoms with Crippen LogP contribution >= 0.6 is 0 Å². The Morgan fingerprint density at radius 2 is 1.54 bits per heavy atom. The molecule has 0 amide bonds. The van der Waals surface area contributed by atoms with Gasteiger partial charge in [0, 0.05) is 23.7 Å². The second kappa shape index (κ2) is 4.03. The van der Waals surface area contributed by atoms with Crippen molar-refractivity contribution >= 4 is 17.7 Å². The highest BCUT2D eigenvalue weighted by atomic mass is 16.6. The van der Waals surface area contributed by atoms with E-state index in [9.17, 15) is 14.4 Å². The van der Waals surface area contributed by atoms with Gasteiger partial charge in [0.2, 0.25) is 0 Å². The number of esters is 2. The van der Waals surface area contributed by atoms with Crippen molar-refractivity contribution in [3.05, 3.63) is 0 Å². The Kier molecular flexibility index (Phi) is 2.50. The Morgan fingerprint density at radius 1 is 1.00 bits per heavy atom. The first-order valence-electron chi connectivity index (χ1n) is 9.05. The number of hydrogen-bond donors (Lipinski definition) is 0. The first kappa shape index (κ1) is 14.9. The first-order valence-corrected chi connectivity index (χ1v) is 9.05. The molecule has 0 aromatic rings. The van der Waals surface area contributed by atoms with Crippen LogP contribution in [0.2, 0.25) is 0 Å². The van der Waals surface area contributed by atoms with Crippen LogP contribution in [0.1, 0.15) is 46.0 Å². The average Bonchev–Trinajstić information content (AvgIpc) is 3.16. The topological polar surface area (TPSA) is 78.9 Å². The zero-order chi connectivity index (χ0) is 17.0. The summed E-state index contributed by atoms with van der Waals surface area (Å²) in [5.74, 6) is -0.382. The fourth-order valence-corrected chi connectivity index (χ4v) is 7.31. The minimum Gasteiger partial charge on any atom is -0.465 e. The van der Waals surface area contributed by atoms with Gasteiger partial charge in [-0.15, -0.1) is 0 Å². The molecule has 6 aliphatic rings. The number of carbonyl (C=O) groups excluding carboxylic acids is 3. The van der Waals surface area contributed by atoms with E-state index in [-0.39, 0.29) is 47.4 Å². The van der Waals surface area contributed by atoms with Gasteiger partial charge in [-0.1, -0.05) is 0 Å². The summed E-state index contributed by atoms with van der Waals surface area (Å²) in [7, 11) is 0. The lowest BCUT2D eigenvalue weighted by Gasteiger charge is -2.46. The minimum absolute atomic E-state index is 0.230. The molecule has 2 heterocycles. The maximum absolute atomic E-state index is 12.9. The molecule has 24 heavy (non-hydrogen) atoms. The number of carbonyl (C=O) groups is 3. The first-order chi connectivity index (χ1) is 11.5. The van der Waals surface area contributed by atoms with Crippen molar-refractivity contribution in [2.75, 3.05) is 13.2 Å². The number of rotatable bonds is 4. The number of Topliss-reactive ketones (excluding diaryl/α,β-unsaturated/α-hetero) is 1. The van der Waals surface area contributed by atoms with Crippen LogP contribution in [-0.2, 0) is 28.6 Å². The van der Waals surface area contributed by atoms with Crippen LogP contribution in [0.5, 0.6) is 0 Å². The van der Waals surface area contributed by atoms with Crippen LogP contribution < -0.4 is 0 Å². The molecule has 0 radical (unpaired) electrons. The summed E-state index contributed by atoms with van der Waals surface area (Å²) in [6, 6.07) is 0. The number of hydrogen-bond acceptors (Lipinski definition) is 6. The van der Waals surface area contributed by atoms with Crippen LogP contribution in [0.4, 0.5) is 0 Å². The molecule has 2 spiro atoms. The van der Waals surface area contributed by atoms with Crippen molar-refractivity contribution in [1.29, 1.82) is 0 Å². The van der Waals surface area contributed by atoms with Gasteiger partial charge in [-0.25, -0.2) is 0 Å². The molecule has 0 N–H and O–H groups in total. The Morgan fingerprint density at radius 3 is 2.08 bits per heavy atom. The normalized spacial score (nSPS) is 52.2. The van der Waals surface area contributed by atoms with E-state index in [4.69, 9.17) is 14.2 Å². The molecule has 2 saturated heterocycles. The smallest absolute Gasteiger partial charge is 0.316 e. The van der Waals surface area contributed by atoms with Gasteiger partial charge in [0.05, 0.1) is 25.4 Å². The van der Waals surface area contributed by atoms with E-state index in [1.807, 2.05) is 0 Å². The van der Waals surface area contributed by atoms with Gasteiger partial charge in [0.1, 0.15) is 16.6 Å². The zero-order valence-electron chi connectivity index (χ0n) is 14.1. The van der Waals surface area contributed by atoms with Gasteiger partial charge in [0.15, 0.2) is 0 Å². The summed E-state index contributed by atoms with van der Waals surface area (Å²) in [5, 5.41) is 0.